The number of ether oxygens (including phenoxy) is 3. The Morgan fingerprint density at radius 3 is 2.26 bits per heavy atom. The van der Waals surface area contributed by atoms with Crippen molar-refractivity contribution in [1.29, 1.82) is 0 Å². The van der Waals surface area contributed by atoms with Crippen LogP contribution in [0.3, 0.4) is 0 Å². The predicted octanol–water partition coefficient (Wildman–Crippen LogP) is -1.33. The molecule has 0 saturated carbocycles. The standard InChI is InChI=1S/C17H21N3O7/c1-16(2)26-13(22)17(14(23)27-16)7-9-11(20-5-6-25-8-10(17)20)18(3)15(24)19(4)12(9)21/h10H,5-8H2,1-4H3. The van der Waals surface area contributed by atoms with Gasteiger partial charge in [0, 0.05) is 40.9 Å². The molecule has 146 valence electrons. The van der Waals surface area contributed by atoms with Gasteiger partial charge in [-0.05, 0) is 0 Å². The largest absolute Gasteiger partial charge is 0.422 e. The van der Waals surface area contributed by atoms with E-state index in [-0.39, 0.29) is 18.6 Å². The van der Waals surface area contributed by atoms with E-state index in [1.165, 1.54) is 25.5 Å². The van der Waals surface area contributed by atoms with E-state index in [1.807, 2.05) is 0 Å². The van der Waals surface area contributed by atoms with Crippen LogP contribution in [0.15, 0.2) is 9.59 Å². The number of carbonyl (C=O) groups is 2. The van der Waals surface area contributed by atoms with E-state index in [1.54, 1.807) is 11.9 Å². The molecule has 2 saturated heterocycles. The van der Waals surface area contributed by atoms with Crippen LogP contribution < -0.4 is 16.1 Å². The van der Waals surface area contributed by atoms with E-state index in [0.717, 1.165) is 4.57 Å². The molecule has 1 aromatic rings. The quantitative estimate of drug-likeness (QED) is 0.403. The molecule has 1 unspecified atom stereocenters. The van der Waals surface area contributed by atoms with Crippen molar-refractivity contribution in [2.75, 3.05) is 24.7 Å². The summed E-state index contributed by atoms with van der Waals surface area (Å²) in [6.07, 6.45) is -0.207. The first kappa shape index (κ1) is 17.8. The number of esters is 2. The fourth-order valence-electron chi connectivity index (χ4n) is 4.23. The van der Waals surface area contributed by atoms with Crippen LogP contribution in [0.25, 0.3) is 0 Å². The maximum Gasteiger partial charge on any atom is 0.332 e. The second kappa shape index (κ2) is 5.44. The summed E-state index contributed by atoms with van der Waals surface area (Å²) >= 11 is 0. The van der Waals surface area contributed by atoms with Gasteiger partial charge in [0.1, 0.15) is 5.82 Å². The Hall–Kier alpha value is -2.62. The average Bonchev–Trinajstić information content (AvgIpc) is 2.61. The Morgan fingerprint density at radius 2 is 1.63 bits per heavy atom. The molecule has 1 spiro atoms. The first-order chi connectivity index (χ1) is 12.6. The summed E-state index contributed by atoms with van der Waals surface area (Å²) in [6, 6.07) is -0.729. The molecule has 3 aliphatic rings. The van der Waals surface area contributed by atoms with Gasteiger partial charge in [0.25, 0.3) is 11.3 Å². The number of hydrogen-bond donors (Lipinski definition) is 0. The third-order valence-corrected chi connectivity index (χ3v) is 5.55. The average molecular weight is 379 g/mol. The van der Waals surface area contributed by atoms with Crippen molar-refractivity contribution in [1.82, 2.24) is 9.13 Å². The zero-order chi connectivity index (χ0) is 19.7. The van der Waals surface area contributed by atoms with Gasteiger partial charge in [-0.1, -0.05) is 0 Å². The van der Waals surface area contributed by atoms with E-state index in [9.17, 15) is 19.2 Å². The normalized spacial score (nSPS) is 25.5. The Balaban J connectivity index is 1.99. The molecular weight excluding hydrogens is 358 g/mol. The van der Waals surface area contributed by atoms with Crippen LogP contribution in [-0.2, 0) is 44.3 Å². The van der Waals surface area contributed by atoms with Crippen molar-refractivity contribution in [3.8, 4) is 0 Å². The molecule has 2 fully saturated rings. The molecule has 0 aromatic carbocycles. The third kappa shape index (κ3) is 2.22. The topological polar surface area (TPSA) is 109 Å². The molecule has 10 heteroatoms. The Morgan fingerprint density at radius 1 is 1.00 bits per heavy atom. The van der Waals surface area contributed by atoms with Gasteiger partial charge in [-0.2, -0.15) is 0 Å². The minimum atomic E-state index is -1.72. The van der Waals surface area contributed by atoms with Crippen LogP contribution in [0.5, 0.6) is 0 Å². The zero-order valence-electron chi connectivity index (χ0n) is 15.6. The van der Waals surface area contributed by atoms with E-state index in [0.29, 0.717) is 19.0 Å². The number of rotatable bonds is 0. The first-order valence-corrected chi connectivity index (χ1v) is 8.70. The molecule has 0 radical (unpaired) electrons. The van der Waals surface area contributed by atoms with Crippen LogP contribution in [0, 0.1) is 5.41 Å². The molecule has 1 aromatic heterocycles. The molecular formula is C17H21N3O7. The predicted molar refractivity (Wildman–Crippen MR) is 91.3 cm³/mol. The molecule has 0 aliphatic carbocycles. The molecule has 1 atom stereocenters. The summed E-state index contributed by atoms with van der Waals surface area (Å²) in [4.78, 5) is 53.0. The maximum atomic E-state index is 13.0. The third-order valence-electron chi connectivity index (χ3n) is 5.55. The lowest BCUT2D eigenvalue weighted by molar-refractivity contribution is -0.254. The molecule has 0 N–H and O–H groups in total. The highest BCUT2D eigenvalue weighted by atomic mass is 16.7. The number of carbonyl (C=O) groups excluding carboxylic acids is 2. The van der Waals surface area contributed by atoms with E-state index in [4.69, 9.17) is 14.2 Å². The number of aromatic nitrogens is 2. The van der Waals surface area contributed by atoms with Gasteiger partial charge in [-0.15, -0.1) is 0 Å². The minimum absolute atomic E-state index is 0.0769. The molecule has 3 aliphatic heterocycles. The molecule has 0 bridgehead atoms. The summed E-state index contributed by atoms with van der Waals surface area (Å²) in [7, 11) is 2.93. The molecule has 4 heterocycles. The van der Waals surface area contributed by atoms with Crippen LogP contribution >= 0.6 is 0 Å². The summed E-state index contributed by atoms with van der Waals surface area (Å²) in [5.41, 5.74) is -2.52. The van der Waals surface area contributed by atoms with Crippen molar-refractivity contribution in [3.63, 3.8) is 0 Å². The summed E-state index contributed by atoms with van der Waals surface area (Å²) in [6.45, 7) is 3.69. The van der Waals surface area contributed by atoms with Crippen molar-refractivity contribution < 1.29 is 23.8 Å². The Bertz CT molecular complexity index is 954. The van der Waals surface area contributed by atoms with Crippen molar-refractivity contribution in [3.05, 3.63) is 26.4 Å². The van der Waals surface area contributed by atoms with Gasteiger partial charge in [-0.3, -0.25) is 23.5 Å². The van der Waals surface area contributed by atoms with Crippen LogP contribution in [0.4, 0.5) is 5.82 Å². The molecule has 27 heavy (non-hydrogen) atoms. The Labute approximate surface area is 154 Å². The number of cyclic esters (lactones) is 2. The number of fused-ring (bicyclic) bond motifs is 4. The van der Waals surface area contributed by atoms with E-state index < -0.39 is 40.4 Å². The fraction of sp³-hybridized carbons (Fsp3) is 0.647. The van der Waals surface area contributed by atoms with Crippen molar-refractivity contribution in [2.24, 2.45) is 19.5 Å². The fourth-order valence-corrected chi connectivity index (χ4v) is 4.23. The van der Waals surface area contributed by atoms with Gasteiger partial charge in [0.05, 0.1) is 24.8 Å². The minimum Gasteiger partial charge on any atom is -0.422 e. The second-order valence-electron chi connectivity index (χ2n) is 7.62. The molecule has 0 amide bonds. The number of nitrogens with zero attached hydrogens (tertiary/aromatic N) is 3. The summed E-state index contributed by atoms with van der Waals surface area (Å²) < 4.78 is 18.6. The highest BCUT2D eigenvalue weighted by Gasteiger charge is 2.65. The highest BCUT2D eigenvalue weighted by Crippen LogP contribution is 2.46. The van der Waals surface area contributed by atoms with E-state index in [2.05, 4.69) is 0 Å². The summed E-state index contributed by atoms with van der Waals surface area (Å²) in [5.74, 6) is -2.46. The number of hydrogen-bond acceptors (Lipinski definition) is 8. The van der Waals surface area contributed by atoms with Crippen LogP contribution in [0.1, 0.15) is 19.4 Å². The van der Waals surface area contributed by atoms with Gasteiger partial charge < -0.3 is 19.1 Å². The maximum absolute atomic E-state index is 13.0. The second-order valence-corrected chi connectivity index (χ2v) is 7.62. The van der Waals surface area contributed by atoms with Crippen molar-refractivity contribution in [2.45, 2.75) is 32.1 Å². The molecule has 10 nitrogen and oxygen atoms in total. The monoisotopic (exact) mass is 379 g/mol. The SMILES string of the molecule is Cn1c2c(c(=O)n(C)c1=O)CC1(C(=O)OC(C)(C)OC1=O)C1COCCN21. The first-order valence-electron chi connectivity index (χ1n) is 8.70. The van der Waals surface area contributed by atoms with E-state index >= 15 is 0 Å². The van der Waals surface area contributed by atoms with Gasteiger partial charge in [-0.25, -0.2) is 4.79 Å². The number of anilines is 1. The lowest BCUT2D eigenvalue weighted by Crippen LogP contribution is -2.70. The smallest absolute Gasteiger partial charge is 0.332 e. The zero-order valence-corrected chi connectivity index (χ0v) is 15.6. The van der Waals surface area contributed by atoms with Gasteiger partial charge in [0.15, 0.2) is 5.41 Å². The van der Waals surface area contributed by atoms with Gasteiger partial charge in [0.2, 0.25) is 0 Å². The number of morpholine rings is 1. The lowest BCUT2D eigenvalue weighted by atomic mass is 9.71. The molecule has 4 rings (SSSR count). The van der Waals surface area contributed by atoms with Gasteiger partial charge >= 0.3 is 17.6 Å². The lowest BCUT2D eigenvalue weighted by Gasteiger charge is -2.52. The highest BCUT2D eigenvalue weighted by molar-refractivity contribution is 6.04. The van der Waals surface area contributed by atoms with Crippen LogP contribution in [0.2, 0.25) is 0 Å². The summed E-state index contributed by atoms with van der Waals surface area (Å²) in [5, 5.41) is 0. The van der Waals surface area contributed by atoms with Crippen LogP contribution in [-0.4, -0.2) is 52.7 Å². The Kier molecular flexibility index (Phi) is 3.58. The van der Waals surface area contributed by atoms with Crippen molar-refractivity contribution >= 4 is 17.8 Å².